The summed E-state index contributed by atoms with van der Waals surface area (Å²) >= 11 is 1.79. The number of nitrogens with one attached hydrogen (secondary N) is 1. The molecule has 4 rings (SSSR count). The molecule has 0 unspecified atom stereocenters. The number of benzene rings is 1. The van der Waals surface area contributed by atoms with Crippen molar-refractivity contribution in [2.45, 2.75) is 25.9 Å². The number of amides is 1. The monoisotopic (exact) mass is 496 g/mol. The molecule has 1 N–H and O–H groups in total. The molecule has 0 bridgehead atoms. The van der Waals surface area contributed by atoms with E-state index in [0.717, 1.165) is 45.0 Å². The highest BCUT2D eigenvalue weighted by Gasteiger charge is 2.23. The Morgan fingerprint density at radius 2 is 1.81 bits per heavy atom. The molecular weight excluding hydrogens is 471 g/mol. The van der Waals surface area contributed by atoms with E-state index in [1.54, 1.807) is 18.4 Å². The first-order valence-electron chi connectivity index (χ1n) is 9.10. The predicted octanol–water partition coefficient (Wildman–Crippen LogP) is 2.88. The van der Waals surface area contributed by atoms with Crippen molar-refractivity contribution in [2.24, 2.45) is 4.99 Å². The SMILES string of the molecule is CN=C(NCC(=O)N1CCc2sccc2C1)N1CCc2ccccc2C1.I. The number of rotatable bonds is 2. The average molecular weight is 496 g/mol. The molecule has 144 valence electrons. The second-order valence-corrected chi connectivity index (χ2v) is 7.78. The molecule has 0 fully saturated rings. The number of aliphatic imine (C=N–C) groups is 1. The van der Waals surface area contributed by atoms with Crippen LogP contribution in [0.2, 0.25) is 0 Å². The van der Waals surface area contributed by atoms with Gasteiger partial charge in [-0.25, -0.2) is 0 Å². The van der Waals surface area contributed by atoms with Crippen molar-refractivity contribution in [1.29, 1.82) is 0 Å². The van der Waals surface area contributed by atoms with Crippen LogP contribution in [0.5, 0.6) is 0 Å². The molecule has 0 saturated heterocycles. The van der Waals surface area contributed by atoms with Crippen molar-refractivity contribution in [3.05, 3.63) is 57.3 Å². The van der Waals surface area contributed by atoms with E-state index < -0.39 is 0 Å². The summed E-state index contributed by atoms with van der Waals surface area (Å²) in [6, 6.07) is 10.7. The number of fused-ring (bicyclic) bond motifs is 2. The van der Waals surface area contributed by atoms with Gasteiger partial charge >= 0.3 is 0 Å². The number of halogens is 1. The fourth-order valence-corrected chi connectivity index (χ4v) is 4.63. The smallest absolute Gasteiger partial charge is 0.242 e. The zero-order chi connectivity index (χ0) is 17.9. The lowest BCUT2D eigenvalue weighted by Gasteiger charge is -2.32. The molecule has 1 aromatic heterocycles. The zero-order valence-electron chi connectivity index (χ0n) is 15.5. The summed E-state index contributed by atoms with van der Waals surface area (Å²) in [4.78, 5) is 22.6. The third kappa shape index (κ3) is 4.45. The van der Waals surface area contributed by atoms with Gasteiger partial charge in [-0.3, -0.25) is 9.79 Å². The van der Waals surface area contributed by atoms with Gasteiger partial charge in [0.25, 0.3) is 0 Å². The Morgan fingerprint density at radius 1 is 1.07 bits per heavy atom. The third-order valence-corrected chi connectivity index (χ3v) is 6.22. The number of guanidine groups is 1. The molecule has 2 aliphatic rings. The molecule has 3 heterocycles. The first-order valence-corrected chi connectivity index (χ1v) is 9.98. The van der Waals surface area contributed by atoms with Crippen LogP contribution >= 0.6 is 35.3 Å². The molecule has 1 amide bonds. The van der Waals surface area contributed by atoms with E-state index in [-0.39, 0.29) is 29.9 Å². The normalized spacial score (nSPS) is 16.3. The van der Waals surface area contributed by atoms with Gasteiger partial charge in [-0.2, -0.15) is 0 Å². The second-order valence-electron chi connectivity index (χ2n) is 6.78. The Hall–Kier alpha value is -1.61. The van der Waals surface area contributed by atoms with E-state index in [1.807, 2.05) is 4.90 Å². The first kappa shape index (κ1) is 20.1. The number of carbonyl (C=O) groups excluding carboxylic acids is 1. The van der Waals surface area contributed by atoms with Crippen LogP contribution in [0.15, 0.2) is 40.7 Å². The minimum absolute atomic E-state index is 0. The Kier molecular flexibility index (Phi) is 6.75. The Morgan fingerprint density at radius 3 is 2.63 bits per heavy atom. The summed E-state index contributed by atoms with van der Waals surface area (Å²) in [5.41, 5.74) is 4.05. The van der Waals surface area contributed by atoms with Crippen molar-refractivity contribution >= 4 is 47.2 Å². The molecule has 5 nitrogen and oxygen atoms in total. The lowest BCUT2D eigenvalue weighted by molar-refractivity contribution is -0.130. The first-order chi connectivity index (χ1) is 12.7. The highest BCUT2D eigenvalue weighted by atomic mass is 127. The summed E-state index contributed by atoms with van der Waals surface area (Å²) in [6.07, 6.45) is 1.98. The van der Waals surface area contributed by atoms with Crippen LogP contribution in [-0.4, -0.2) is 48.3 Å². The van der Waals surface area contributed by atoms with Gasteiger partial charge in [0.05, 0.1) is 6.54 Å². The summed E-state index contributed by atoms with van der Waals surface area (Å²) in [5, 5.41) is 5.39. The highest BCUT2D eigenvalue weighted by molar-refractivity contribution is 14.0. The second kappa shape index (κ2) is 9.05. The van der Waals surface area contributed by atoms with Crippen LogP contribution in [0, 0.1) is 0 Å². The lowest BCUT2D eigenvalue weighted by atomic mass is 10.0. The molecule has 0 radical (unpaired) electrons. The molecule has 2 aromatic rings. The minimum Gasteiger partial charge on any atom is -0.347 e. The number of hydrogen-bond donors (Lipinski definition) is 1. The van der Waals surface area contributed by atoms with Crippen molar-refractivity contribution in [3.63, 3.8) is 0 Å². The summed E-state index contributed by atoms with van der Waals surface area (Å²) < 4.78 is 0. The Bertz CT molecular complexity index is 835. The molecule has 7 heteroatoms. The van der Waals surface area contributed by atoms with E-state index in [1.165, 1.54) is 21.6 Å². The fraction of sp³-hybridized carbons (Fsp3) is 0.400. The van der Waals surface area contributed by atoms with Gasteiger partial charge in [-0.05, 0) is 41.0 Å². The van der Waals surface area contributed by atoms with Crippen LogP contribution in [0.25, 0.3) is 0 Å². The van der Waals surface area contributed by atoms with Crippen molar-refractivity contribution < 1.29 is 4.79 Å². The number of hydrogen-bond acceptors (Lipinski definition) is 3. The largest absolute Gasteiger partial charge is 0.347 e. The van der Waals surface area contributed by atoms with Crippen molar-refractivity contribution in [1.82, 2.24) is 15.1 Å². The summed E-state index contributed by atoms with van der Waals surface area (Å²) in [6.45, 7) is 3.60. The van der Waals surface area contributed by atoms with Crippen LogP contribution in [-0.2, 0) is 30.7 Å². The molecule has 1 aromatic carbocycles. The molecular formula is C20H25IN4OS. The number of thiophene rings is 1. The quantitative estimate of drug-likeness (QED) is 0.395. The van der Waals surface area contributed by atoms with E-state index in [0.29, 0.717) is 6.54 Å². The standard InChI is InChI=1S/C20H24N4OS.HI/c1-21-20(24-9-6-15-4-2-3-5-16(15)13-24)22-12-19(25)23-10-7-18-17(14-23)8-11-26-18;/h2-5,8,11H,6-7,9-10,12-14H2,1H3,(H,21,22);1H. The third-order valence-electron chi connectivity index (χ3n) is 5.20. The Balaban J connectivity index is 0.00000210. The van der Waals surface area contributed by atoms with Gasteiger partial charge in [0.2, 0.25) is 5.91 Å². The topological polar surface area (TPSA) is 47.9 Å². The predicted molar refractivity (Wildman–Crippen MR) is 121 cm³/mol. The lowest BCUT2D eigenvalue weighted by Crippen LogP contribution is -2.48. The summed E-state index contributed by atoms with van der Waals surface area (Å²) in [7, 11) is 1.78. The van der Waals surface area contributed by atoms with E-state index in [4.69, 9.17) is 0 Å². The molecule has 0 atom stereocenters. The zero-order valence-corrected chi connectivity index (χ0v) is 18.6. The maximum Gasteiger partial charge on any atom is 0.242 e. The van der Waals surface area contributed by atoms with Gasteiger partial charge in [-0.15, -0.1) is 35.3 Å². The average Bonchev–Trinajstić information content (AvgIpc) is 3.16. The van der Waals surface area contributed by atoms with Crippen molar-refractivity contribution in [3.8, 4) is 0 Å². The van der Waals surface area contributed by atoms with Crippen LogP contribution in [0.4, 0.5) is 0 Å². The number of nitrogens with zero attached hydrogens (tertiary/aromatic N) is 3. The van der Waals surface area contributed by atoms with Gasteiger partial charge in [-0.1, -0.05) is 24.3 Å². The van der Waals surface area contributed by atoms with E-state index in [9.17, 15) is 4.79 Å². The van der Waals surface area contributed by atoms with Gasteiger partial charge in [0.15, 0.2) is 5.96 Å². The van der Waals surface area contributed by atoms with Gasteiger partial charge < -0.3 is 15.1 Å². The minimum atomic E-state index is 0. The van der Waals surface area contributed by atoms with E-state index in [2.05, 4.69) is 50.9 Å². The van der Waals surface area contributed by atoms with Crippen LogP contribution in [0.1, 0.15) is 21.6 Å². The number of carbonyl (C=O) groups is 1. The van der Waals surface area contributed by atoms with Gasteiger partial charge in [0, 0.05) is 38.1 Å². The van der Waals surface area contributed by atoms with Crippen molar-refractivity contribution in [2.75, 3.05) is 26.7 Å². The molecule has 27 heavy (non-hydrogen) atoms. The fourth-order valence-electron chi connectivity index (χ4n) is 3.74. The molecule has 2 aliphatic heterocycles. The van der Waals surface area contributed by atoms with Gasteiger partial charge in [0.1, 0.15) is 0 Å². The Labute approximate surface area is 181 Å². The highest BCUT2D eigenvalue weighted by Crippen LogP contribution is 2.24. The molecule has 0 aliphatic carbocycles. The van der Waals surface area contributed by atoms with E-state index >= 15 is 0 Å². The van der Waals surface area contributed by atoms with Crippen LogP contribution in [0.3, 0.4) is 0 Å². The molecule has 0 saturated carbocycles. The summed E-state index contributed by atoms with van der Waals surface area (Å²) in [5.74, 6) is 0.946. The maximum atomic E-state index is 12.6. The maximum absolute atomic E-state index is 12.6. The van der Waals surface area contributed by atoms with Crippen LogP contribution < -0.4 is 5.32 Å². The molecule has 0 spiro atoms.